The number of fused-ring (bicyclic) bond motifs is 5. The van der Waals surface area contributed by atoms with E-state index in [-0.39, 0.29) is 51.4 Å². The highest BCUT2D eigenvalue weighted by Crippen LogP contribution is 2.44. The van der Waals surface area contributed by atoms with Crippen LogP contribution >= 0.6 is 34.0 Å². The molecule has 2 aromatic rings. The summed E-state index contributed by atoms with van der Waals surface area (Å²) in [6, 6.07) is 3.66. The van der Waals surface area contributed by atoms with Crippen LogP contribution in [0.2, 0.25) is 0 Å². The van der Waals surface area contributed by atoms with Crippen LogP contribution in [0.1, 0.15) is 54.2 Å². The number of hydrogen-bond acceptors (Lipinski definition) is 5. The number of aromatic hydroxyl groups is 2. The van der Waals surface area contributed by atoms with Gasteiger partial charge in [0.05, 0.1) is 11.6 Å². The molecule has 4 rings (SSSR count). The van der Waals surface area contributed by atoms with Crippen molar-refractivity contribution in [3.8, 4) is 11.5 Å². The molecule has 2 aliphatic rings. The second-order valence-electron chi connectivity index (χ2n) is 6.21. The van der Waals surface area contributed by atoms with Crippen molar-refractivity contribution in [2.24, 2.45) is 0 Å². The van der Waals surface area contributed by atoms with Crippen molar-refractivity contribution in [3.05, 3.63) is 40.6 Å². The molecule has 0 spiro atoms. The van der Waals surface area contributed by atoms with Crippen LogP contribution in [0.4, 0.5) is 0 Å². The van der Waals surface area contributed by atoms with E-state index in [2.05, 4.69) is 17.2 Å². The number of benzene rings is 1. The highest BCUT2D eigenvalue weighted by molar-refractivity contribution is 8.93. The Morgan fingerprint density at radius 1 is 1.25 bits per heavy atom. The number of hydrogen-bond donors (Lipinski definition) is 3. The fourth-order valence-corrected chi connectivity index (χ4v) is 3.71. The summed E-state index contributed by atoms with van der Waals surface area (Å²) in [6.07, 6.45) is 3.73. The Morgan fingerprint density at radius 3 is 2.75 bits per heavy atom. The van der Waals surface area contributed by atoms with Gasteiger partial charge in [0.15, 0.2) is 17.4 Å². The van der Waals surface area contributed by atoms with E-state index in [1.165, 1.54) is 0 Å². The lowest BCUT2D eigenvalue weighted by Gasteiger charge is -2.36. The molecule has 5 nitrogen and oxygen atoms in total. The minimum atomic E-state index is -0.0696. The van der Waals surface area contributed by atoms with Crippen LogP contribution in [-0.2, 0) is 19.4 Å². The molecule has 1 aromatic heterocycles. The standard InChI is InChI=1S/C17H20N2O3.2BrH/c1-2-3-15-19-12-8-18-11-5-4-9-6-13(20)14(21)7-10(9)16(11)17(12)22-15;;/h6-7,11,16,18,20-21H,2-5,8H2,1H3;2*1H. The largest absolute Gasteiger partial charge is 0.504 e. The van der Waals surface area contributed by atoms with Crippen molar-refractivity contribution in [2.45, 2.75) is 51.1 Å². The van der Waals surface area contributed by atoms with Gasteiger partial charge in [-0.15, -0.1) is 34.0 Å². The second kappa shape index (κ2) is 7.45. The molecule has 1 aliphatic heterocycles. The SMILES string of the molecule is Br.Br.CCCc1nc2c(o1)C1c3cc(O)c(O)cc3CCC1NC2. The Balaban J connectivity index is 0.00000104. The average Bonchev–Trinajstić information content (AvgIpc) is 2.91. The van der Waals surface area contributed by atoms with Gasteiger partial charge in [0.2, 0.25) is 0 Å². The van der Waals surface area contributed by atoms with Crippen LogP contribution in [0.15, 0.2) is 16.5 Å². The van der Waals surface area contributed by atoms with Crippen LogP contribution in [0, 0.1) is 0 Å². The number of rotatable bonds is 2. The van der Waals surface area contributed by atoms with Gasteiger partial charge in [0.25, 0.3) is 0 Å². The monoisotopic (exact) mass is 460 g/mol. The van der Waals surface area contributed by atoms with Crippen molar-refractivity contribution in [3.63, 3.8) is 0 Å². The lowest BCUT2D eigenvalue weighted by molar-refractivity contribution is 0.331. The molecule has 7 heteroatoms. The zero-order valence-corrected chi connectivity index (χ0v) is 16.8. The third kappa shape index (κ3) is 3.09. The van der Waals surface area contributed by atoms with E-state index >= 15 is 0 Å². The molecule has 0 radical (unpaired) electrons. The third-order valence-corrected chi connectivity index (χ3v) is 4.75. The predicted molar refractivity (Wildman–Crippen MR) is 102 cm³/mol. The second-order valence-corrected chi connectivity index (χ2v) is 6.21. The van der Waals surface area contributed by atoms with E-state index in [9.17, 15) is 10.2 Å². The van der Waals surface area contributed by atoms with Crippen molar-refractivity contribution in [1.29, 1.82) is 0 Å². The summed E-state index contributed by atoms with van der Waals surface area (Å²) in [5.41, 5.74) is 3.10. The van der Waals surface area contributed by atoms with Gasteiger partial charge in [-0.2, -0.15) is 0 Å². The summed E-state index contributed by atoms with van der Waals surface area (Å²) < 4.78 is 6.05. The van der Waals surface area contributed by atoms with Gasteiger partial charge in [0, 0.05) is 19.0 Å². The van der Waals surface area contributed by atoms with E-state index in [4.69, 9.17) is 4.42 Å². The number of aromatic nitrogens is 1. The number of nitrogens with zero attached hydrogens (tertiary/aromatic N) is 1. The lowest BCUT2D eigenvalue weighted by Crippen LogP contribution is -2.42. The summed E-state index contributed by atoms with van der Waals surface area (Å²) in [4.78, 5) is 4.60. The Bertz CT molecular complexity index is 733. The molecule has 0 saturated carbocycles. The number of phenols is 2. The van der Waals surface area contributed by atoms with Crippen LogP contribution in [-0.4, -0.2) is 21.2 Å². The minimum Gasteiger partial charge on any atom is -0.504 e. The van der Waals surface area contributed by atoms with E-state index in [1.54, 1.807) is 12.1 Å². The topological polar surface area (TPSA) is 78.5 Å². The number of oxazole rings is 1. The molecule has 2 heterocycles. The highest BCUT2D eigenvalue weighted by Gasteiger charge is 2.39. The fourth-order valence-electron chi connectivity index (χ4n) is 3.71. The average molecular weight is 462 g/mol. The number of nitrogens with one attached hydrogen (secondary N) is 1. The smallest absolute Gasteiger partial charge is 0.194 e. The molecule has 1 aliphatic carbocycles. The molecule has 3 N–H and O–H groups in total. The van der Waals surface area contributed by atoms with E-state index < -0.39 is 0 Å². The molecule has 132 valence electrons. The molecule has 1 aromatic carbocycles. The van der Waals surface area contributed by atoms with Gasteiger partial charge < -0.3 is 19.9 Å². The van der Waals surface area contributed by atoms with Crippen LogP contribution in [0.5, 0.6) is 11.5 Å². The van der Waals surface area contributed by atoms with Crippen LogP contribution < -0.4 is 5.32 Å². The van der Waals surface area contributed by atoms with Crippen LogP contribution in [0.25, 0.3) is 0 Å². The first-order valence-corrected chi connectivity index (χ1v) is 7.94. The van der Waals surface area contributed by atoms with Crippen molar-refractivity contribution < 1.29 is 14.6 Å². The van der Waals surface area contributed by atoms with Crippen molar-refractivity contribution in [1.82, 2.24) is 10.3 Å². The molecule has 0 amide bonds. The molecule has 0 fully saturated rings. The normalized spacial score (nSPS) is 20.9. The van der Waals surface area contributed by atoms with Crippen molar-refractivity contribution in [2.75, 3.05) is 0 Å². The summed E-state index contributed by atoms with van der Waals surface area (Å²) in [6.45, 7) is 2.85. The Hall–Kier alpha value is -1.05. The zero-order chi connectivity index (χ0) is 15.3. The zero-order valence-electron chi connectivity index (χ0n) is 13.4. The molecular formula is C17H22Br2N2O3. The summed E-state index contributed by atoms with van der Waals surface area (Å²) in [5.74, 6) is 1.67. The van der Waals surface area contributed by atoms with Gasteiger partial charge in [-0.25, -0.2) is 4.98 Å². The first-order chi connectivity index (χ1) is 10.7. The Kier molecular flexibility index (Phi) is 5.99. The molecule has 2 atom stereocenters. The van der Waals surface area contributed by atoms with E-state index in [0.29, 0.717) is 6.04 Å². The van der Waals surface area contributed by atoms with Gasteiger partial charge >= 0.3 is 0 Å². The number of halogens is 2. The maximum Gasteiger partial charge on any atom is 0.194 e. The molecule has 0 bridgehead atoms. The molecule has 0 saturated heterocycles. The molecule has 2 unspecified atom stereocenters. The first kappa shape index (κ1) is 19.3. The minimum absolute atomic E-state index is 0. The van der Waals surface area contributed by atoms with Crippen LogP contribution in [0.3, 0.4) is 0 Å². The van der Waals surface area contributed by atoms with Crippen molar-refractivity contribution >= 4 is 34.0 Å². The predicted octanol–water partition coefficient (Wildman–Crippen LogP) is 3.74. The fraction of sp³-hybridized carbons (Fsp3) is 0.471. The van der Waals surface area contributed by atoms with Gasteiger partial charge in [-0.1, -0.05) is 6.92 Å². The highest BCUT2D eigenvalue weighted by atomic mass is 79.9. The number of aryl methyl sites for hydroxylation is 2. The van der Waals surface area contributed by atoms with Gasteiger partial charge in [0.1, 0.15) is 5.76 Å². The first-order valence-electron chi connectivity index (χ1n) is 7.94. The Labute approximate surface area is 162 Å². The maximum atomic E-state index is 9.89. The summed E-state index contributed by atoms with van der Waals surface area (Å²) >= 11 is 0. The lowest BCUT2D eigenvalue weighted by atomic mass is 9.75. The quantitative estimate of drug-likeness (QED) is 0.593. The Morgan fingerprint density at radius 2 is 2.00 bits per heavy atom. The van der Waals surface area contributed by atoms with Gasteiger partial charge in [-0.05, 0) is 42.5 Å². The summed E-state index contributed by atoms with van der Waals surface area (Å²) in [7, 11) is 0. The van der Waals surface area contributed by atoms with E-state index in [1.807, 2.05) is 0 Å². The molecule has 24 heavy (non-hydrogen) atoms. The molecular weight excluding hydrogens is 440 g/mol. The maximum absolute atomic E-state index is 9.89. The van der Waals surface area contributed by atoms with E-state index in [0.717, 1.165) is 60.7 Å². The number of phenolic OH excluding ortho intramolecular Hbond substituents is 2. The summed E-state index contributed by atoms with van der Waals surface area (Å²) in [5, 5.41) is 23.2. The third-order valence-electron chi connectivity index (χ3n) is 4.75. The van der Waals surface area contributed by atoms with Gasteiger partial charge in [-0.3, -0.25) is 0 Å².